The lowest BCUT2D eigenvalue weighted by atomic mass is 10.1. The topological polar surface area (TPSA) is 51.2 Å². The third-order valence-electron chi connectivity index (χ3n) is 5.77. The summed E-state index contributed by atoms with van der Waals surface area (Å²) in [4.78, 5) is 22.9. The van der Waals surface area contributed by atoms with Crippen molar-refractivity contribution >= 4 is 41.5 Å². The van der Waals surface area contributed by atoms with Gasteiger partial charge in [-0.1, -0.05) is 24.3 Å². The molecule has 0 aliphatic carbocycles. The zero-order valence-electron chi connectivity index (χ0n) is 19.2. The lowest BCUT2D eigenvalue weighted by molar-refractivity contribution is 0.0827. The molecule has 1 aliphatic rings. The van der Waals surface area contributed by atoms with Gasteiger partial charge in [0.15, 0.2) is 5.96 Å². The van der Waals surface area contributed by atoms with Gasteiger partial charge in [0.1, 0.15) is 0 Å². The summed E-state index contributed by atoms with van der Waals surface area (Å²) in [5.74, 6) is 0.941. The minimum Gasteiger partial charge on any atom is -0.368 e. The van der Waals surface area contributed by atoms with Crippen LogP contribution in [0, 0.1) is 13.8 Å². The highest BCUT2D eigenvalue weighted by molar-refractivity contribution is 14.0. The Bertz CT molecular complexity index is 903. The van der Waals surface area contributed by atoms with Crippen molar-refractivity contribution in [1.82, 2.24) is 15.1 Å². The summed E-state index contributed by atoms with van der Waals surface area (Å²) in [5.41, 5.74) is 5.87. The molecule has 1 N–H and O–H groups in total. The number of carbonyl (C=O) groups is 1. The second-order valence-electron chi connectivity index (χ2n) is 7.99. The van der Waals surface area contributed by atoms with Gasteiger partial charge in [-0.3, -0.25) is 9.79 Å². The van der Waals surface area contributed by atoms with E-state index in [0.717, 1.165) is 37.7 Å². The summed E-state index contributed by atoms with van der Waals surface area (Å²) in [6.07, 6.45) is 0. The average Bonchev–Trinajstić information content (AvgIpc) is 2.76. The van der Waals surface area contributed by atoms with Crippen LogP contribution in [0.4, 0.5) is 5.69 Å². The third kappa shape index (κ3) is 6.12. The van der Waals surface area contributed by atoms with E-state index in [-0.39, 0.29) is 29.9 Å². The summed E-state index contributed by atoms with van der Waals surface area (Å²) in [6, 6.07) is 14.3. The molecule has 2 aromatic rings. The van der Waals surface area contributed by atoms with Gasteiger partial charge in [0.05, 0.1) is 0 Å². The predicted octanol–water partition coefficient (Wildman–Crippen LogP) is 3.52. The fourth-order valence-electron chi connectivity index (χ4n) is 3.77. The highest BCUT2D eigenvalue weighted by Gasteiger charge is 2.21. The van der Waals surface area contributed by atoms with Crippen molar-refractivity contribution in [3.8, 4) is 0 Å². The van der Waals surface area contributed by atoms with Crippen molar-refractivity contribution < 1.29 is 4.79 Å². The fraction of sp³-hybridized carbons (Fsp3) is 0.417. The van der Waals surface area contributed by atoms with Gasteiger partial charge in [-0.25, -0.2) is 0 Å². The summed E-state index contributed by atoms with van der Waals surface area (Å²) in [6.45, 7) is 8.88. The van der Waals surface area contributed by atoms with E-state index in [4.69, 9.17) is 0 Å². The van der Waals surface area contributed by atoms with Crippen molar-refractivity contribution in [1.29, 1.82) is 0 Å². The first-order valence-corrected chi connectivity index (χ1v) is 10.5. The highest BCUT2D eigenvalue weighted by Crippen LogP contribution is 2.23. The number of piperazine rings is 1. The normalized spacial score (nSPS) is 14.2. The number of amides is 1. The van der Waals surface area contributed by atoms with Crippen LogP contribution in [-0.2, 0) is 6.54 Å². The van der Waals surface area contributed by atoms with Crippen molar-refractivity contribution in [3.05, 3.63) is 64.7 Å². The van der Waals surface area contributed by atoms with E-state index in [1.165, 1.54) is 16.8 Å². The molecule has 0 saturated carbocycles. The van der Waals surface area contributed by atoms with Gasteiger partial charge in [-0.2, -0.15) is 0 Å². The van der Waals surface area contributed by atoms with Crippen molar-refractivity contribution in [3.63, 3.8) is 0 Å². The molecule has 1 saturated heterocycles. The van der Waals surface area contributed by atoms with Crippen LogP contribution in [0.5, 0.6) is 0 Å². The van der Waals surface area contributed by atoms with E-state index in [1.54, 1.807) is 19.0 Å². The van der Waals surface area contributed by atoms with Crippen molar-refractivity contribution in [2.75, 3.05) is 52.2 Å². The highest BCUT2D eigenvalue weighted by atomic mass is 127. The molecule has 1 amide bonds. The molecule has 31 heavy (non-hydrogen) atoms. The number of anilines is 1. The number of benzene rings is 2. The second kappa shape index (κ2) is 11.4. The molecule has 0 spiro atoms. The van der Waals surface area contributed by atoms with Crippen LogP contribution in [0.1, 0.15) is 27.0 Å². The zero-order chi connectivity index (χ0) is 21.7. The number of rotatable bonds is 4. The van der Waals surface area contributed by atoms with E-state index in [9.17, 15) is 4.79 Å². The number of aliphatic imine (C=N–C) groups is 1. The fourth-order valence-corrected chi connectivity index (χ4v) is 3.77. The SMILES string of the molecule is CN=C(NCc1ccc(C(=O)N(C)C)cc1)N1CCN(c2cccc(C)c2C)CC1.I. The second-order valence-corrected chi connectivity index (χ2v) is 7.99. The molecule has 0 atom stereocenters. The maximum atomic E-state index is 12.0. The Morgan fingerprint density at radius 3 is 2.26 bits per heavy atom. The Morgan fingerprint density at radius 1 is 1.03 bits per heavy atom. The molecule has 3 rings (SSSR count). The van der Waals surface area contributed by atoms with Crippen LogP contribution in [0.2, 0.25) is 0 Å². The van der Waals surface area contributed by atoms with Gasteiger partial charge in [0.25, 0.3) is 5.91 Å². The largest absolute Gasteiger partial charge is 0.368 e. The van der Waals surface area contributed by atoms with E-state index in [2.05, 4.69) is 52.2 Å². The number of hydrogen-bond donors (Lipinski definition) is 1. The summed E-state index contributed by atoms with van der Waals surface area (Å²) < 4.78 is 0. The Labute approximate surface area is 203 Å². The van der Waals surface area contributed by atoms with E-state index < -0.39 is 0 Å². The minimum absolute atomic E-state index is 0. The predicted molar refractivity (Wildman–Crippen MR) is 140 cm³/mol. The van der Waals surface area contributed by atoms with E-state index in [0.29, 0.717) is 12.1 Å². The zero-order valence-corrected chi connectivity index (χ0v) is 21.5. The molecule has 1 heterocycles. The first-order chi connectivity index (χ1) is 14.4. The number of halogens is 1. The molecule has 6 nitrogen and oxygen atoms in total. The van der Waals surface area contributed by atoms with E-state index >= 15 is 0 Å². The molecule has 0 radical (unpaired) electrons. The number of nitrogens with one attached hydrogen (secondary N) is 1. The van der Waals surface area contributed by atoms with Gasteiger partial charge >= 0.3 is 0 Å². The lowest BCUT2D eigenvalue weighted by Gasteiger charge is -2.38. The van der Waals surface area contributed by atoms with Crippen LogP contribution in [0.3, 0.4) is 0 Å². The van der Waals surface area contributed by atoms with Crippen molar-refractivity contribution in [2.45, 2.75) is 20.4 Å². The van der Waals surface area contributed by atoms with Gasteiger partial charge in [-0.15, -0.1) is 24.0 Å². The van der Waals surface area contributed by atoms with E-state index in [1.807, 2.05) is 31.3 Å². The summed E-state index contributed by atoms with van der Waals surface area (Å²) in [5, 5.41) is 3.46. The Morgan fingerprint density at radius 2 is 1.68 bits per heavy atom. The van der Waals surface area contributed by atoms with Crippen LogP contribution in [0.25, 0.3) is 0 Å². The molecule has 1 fully saturated rings. The van der Waals surface area contributed by atoms with Crippen LogP contribution < -0.4 is 10.2 Å². The summed E-state index contributed by atoms with van der Waals surface area (Å²) in [7, 11) is 5.36. The number of aryl methyl sites for hydroxylation is 1. The third-order valence-corrected chi connectivity index (χ3v) is 5.77. The molecule has 1 aliphatic heterocycles. The molecule has 7 heteroatoms. The maximum absolute atomic E-state index is 12.0. The molecule has 0 bridgehead atoms. The van der Waals surface area contributed by atoms with Crippen molar-refractivity contribution in [2.24, 2.45) is 4.99 Å². The minimum atomic E-state index is 0. The van der Waals surface area contributed by atoms with Crippen LogP contribution >= 0.6 is 24.0 Å². The number of guanidine groups is 1. The number of carbonyl (C=O) groups excluding carboxylic acids is 1. The Kier molecular flexibility index (Phi) is 9.15. The molecular formula is C24H34IN5O. The molecular weight excluding hydrogens is 501 g/mol. The maximum Gasteiger partial charge on any atom is 0.253 e. The standard InChI is InChI=1S/C24H33N5O.HI/c1-18-7-6-8-22(19(18)2)28-13-15-29(16-14-28)24(25-3)26-17-20-9-11-21(12-10-20)23(30)27(4)5;/h6-12H,13-17H2,1-5H3,(H,25,26);1H. The average molecular weight is 535 g/mol. The first-order valence-electron chi connectivity index (χ1n) is 10.5. The van der Waals surface area contributed by atoms with Crippen LogP contribution in [-0.4, -0.2) is 69.0 Å². The molecule has 0 aromatic heterocycles. The lowest BCUT2D eigenvalue weighted by Crippen LogP contribution is -2.52. The van der Waals surface area contributed by atoms with Gasteiger partial charge in [0, 0.05) is 65.1 Å². The quantitative estimate of drug-likeness (QED) is 0.370. The summed E-state index contributed by atoms with van der Waals surface area (Å²) >= 11 is 0. The monoisotopic (exact) mass is 535 g/mol. The Hall–Kier alpha value is -2.29. The first kappa shape index (κ1) is 25.0. The number of nitrogens with zero attached hydrogens (tertiary/aromatic N) is 4. The van der Waals surface area contributed by atoms with Gasteiger partial charge < -0.3 is 20.0 Å². The molecule has 168 valence electrons. The van der Waals surface area contributed by atoms with Crippen LogP contribution in [0.15, 0.2) is 47.5 Å². The molecule has 0 unspecified atom stereocenters. The molecule has 2 aromatic carbocycles. The number of hydrogen-bond acceptors (Lipinski definition) is 3. The Balaban J connectivity index is 0.00000341. The van der Waals surface area contributed by atoms with Gasteiger partial charge in [-0.05, 0) is 48.7 Å². The van der Waals surface area contributed by atoms with Gasteiger partial charge in [0.2, 0.25) is 0 Å². The smallest absolute Gasteiger partial charge is 0.253 e.